The molecule has 1 N–H and O–H groups in total. The van der Waals surface area contributed by atoms with Crippen molar-refractivity contribution in [1.29, 1.82) is 0 Å². The van der Waals surface area contributed by atoms with Crippen LogP contribution in [0.3, 0.4) is 0 Å². The van der Waals surface area contributed by atoms with Crippen molar-refractivity contribution in [2.24, 2.45) is 0 Å². The third kappa shape index (κ3) is 3.18. The van der Waals surface area contributed by atoms with E-state index in [1.54, 1.807) is 0 Å². The number of hydrogen-bond acceptors (Lipinski definition) is 1. The van der Waals surface area contributed by atoms with Crippen molar-refractivity contribution >= 4 is 5.97 Å². The predicted molar refractivity (Wildman–Crippen MR) is 52.8 cm³/mol. The number of alkyl halides is 6. The van der Waals surface area contributed by atoms with Crippen LogP contribution in [0.1, 0.15) is 34.0 Å². The van der Waals surface area contributed by atoms with Crippen LogP contribution in [-0.2, 0) is 18.8 Å². The molecule has 2 nitrogen and oxygen atoms in total. The summed E-state index contributed by atoms with van der Waals surface area (Å²) in [6.07, 6.45) is -10.2. The van der Waals surface area contributed by atoms with E-state index in [1.807, 2.05) is 0 Å². The largest absolute Gasteiger partial charge is 0.478 e. The monoisotopic (exact) mass is 286 g/mol. The summed E-state index contributed by atoms with van der Waals surface area (Å²) in [5, 5.41) is 8.62. The van der Waals surface area contributed by atoms with Gasteiger partial charge in [-0.25, -0.2) is 4.79 Å². The van der Waals surface area contributed by atoms with Crippen molar-refractivity contribution < 1.29 is 36.2 Å². The molecule has 0 saturated carbocycles. The first kappa shape index (κ1) is 15.3. The zero-order valence-corrected chi connectivity index (χ0v) is 9.49. The lowest BCUT2D eigenvalue weighted by Crippen LogP contribution is -2.18. The van der Waals surface area contributed by atoms with Gasteiger partial charge in [-0.15, -0.1) is 0 Å². The molecule has 0 aliphatic carbocycles. The molecular weight excluding hydrogens is 278 g/mol. The van der Waals surface area contributed by atoms with Crippen LogP contribution in [0, 0.1) is 0 Å². The summed E-state index contributed by atoms with van der Waals surface area (Å²) in [6, 6.07) is 0.274. The Hall–Kier alpha value is -1.73. The molecule has 0 heterocycles. The molecule has 0 amide bonds. The van der Waals surface area contributed by atoms with Gasteiger partial charge in [-0.2, -0.15) is 26.3 Å². The van der Waals surface area contributed by atoms with Gasteiger partial charge in [0, 0.05) is 0 Å². The Kier molecular flexibility index (Phi) is 3.83. The lowest BCUT2D eigenvalue weighted by atomic mass is 9.96. The highest BCUT2D eigenvalue weighted by atomic mass is 19.4. The minimum absolute atomic E-state index is 0.0317. The van der Waals surface area contributed by atoms with Gasteiger partial charge in [0.1, 0.15) is 0 Å². The zero-order chi connectivity index (χ0) is 15.0. The average molecular weight is 286 g/mol. The maximum atomic E-state index is 12.6. The van der Waals surface area contributed by atoms with Crippen molar-refractivity contribution in [2.75, 3.05) is 0 Å². The number of rotatable bonds is 2. The molecule has 19 heavy (non-hydrogen) atoms. The average Bonchev–Trinajstić information content (AvgIpc) is 2.24. The number of hydrogen-bond donors (Lipinski definition) is 1. The van der Waals surface area contributed by atoms with Gasteiger partial charge in [0.05, 0.1) is 16.7 Å². The first-order valence-electron chi connectivity index (χ1n) is 5.03. The molecule has 0 spiro atoms. The molecule has 0 bridgehead atoms. The van der Waals surface area contributed by atoms with Gasteiger partial charge < -0.3 is 5.11 Å². The molecule has 0 aromatic heterocycles. The molecule has 1 rings (SSSR count). The molecule has 0 aliphatic heterocycles. The molecule has 0 unspecified atom stereocenters. The van der Waals surface area contributed by atoms with Gasteiger partial charge in [0.15, 0.2) is 0 Å². The van der Waals surface area contributed by atoms with E-state index in [4.69, 9.17) is 5.11 Å². The molecule has 1 aromatic carbocycles. The molecule has 0 radical (unpaired) electrons. The molecule has 8 heteroatoms. The molecule has 0 aliphatic rings. The highest BCUT2D eigenvalue weighted by Gasteiger charge is 2.40. The van der Waals surface area contributed by atoms with Crippen LogP contribution in [-0.4, -0.2) is 11.1 Å². The van der Waals surface area contributed by atoms with Crippen molar-refractivity contribution in [1.82, 2.24) is 0 Å². The van der Waals surface area contributed by atoms with Crippen LogP contribution in [0.4, 0.5) is 26.3 Å². The number of carbonyl (C=O) groups is 1. The fourth-order valence-electron chi connectivity index (χ4n) is 1.61. The van der Waals surface area contributed by atoms with E-state index in [1.165, 1.54) is 6.92 Å². The molecule has 0 atom stereocenters. The van der Waals surface area contributed by atoms with E-state index in [9.17, 15) is 31.1 Å². The fraction of sp³-hybridized carbons (Fsp3) is 0.364. The highest BCUT2D eigenvalue weighted by Crippen LogP contribution is 2.39. The minimum Gasteiger partial charge on any atom is -0.478 e. The van der Waals surface area contributed by atoms with Crippen LogP contribution in [0.15, 0.2) is 12.1 Å². The number of aromatic carboxylic acids is 1. The summed E-state index contributed by atoms with van der Waals surface area (Å²) < 4.78 is 75.7. The Balaban J connectivity index is 3.66. The van der Waals surface area contributed by atoms with Crippen LogP contribution in [0.5, 0.6) is 0 Å². The normalized spacial score (nSPS) is 12.6. The molecule has 106 valence electrons. The van der Waals surface area contributed by atoms with E-state index >= 15 is 0 Å². The van der Waals surface area contributed by atoms with Gasteiger partial charge in [-0.05, 0) is 24.1 Å². The first-order chi connectivity index (χ1) is 8.48. The van der Waals surface area contributed by atoms with Crippen molar-refractivity contribution in [3.8, 4) is 0 Å². The molecular formula is C11H8F6O2. The van der Waals surface area contributed by atoms with Gasteiger partial charge in [-0.3, -0.25) is 0 Å². The van der Waals surface area contributed by atoms with Gasteiger partial charge in [0.25, 0.3) is 0 Å². The highest BCUT2D eigenvalue weighted by molar-refractivity contribution is 5.90. The Morgan fingerprint density at radius 2 is 1.53 bits per heavy atom. The SMILES string of the molecule is CCc1cc(C(F)(F)F)c(C(=O)O)cc1C(F)(F)F. The van der Waals surface area contributed by atoms with E-state index in [0.29, 0.717) is 0 Å². The smallest absolute Gasteiger partial charge is 0.417 e. The minimum atomic E-state index is -5.03. The van der Waals surface area contributed by atoms with Crippen LogP contribution < -0.4 is 0 Å². The van der Waals surface area contributed by atoms with Gasteiger partial charge in [0.2, 0.25) is 0 Å². The summed E-state index contributed by atoms with van der Waals surface area (Å²) in [6.45, 7) is 1.26. The lowest BCUT2D eigenvalue weighted by molar-refractivity contribution is -0.142. The number of carboxylic acid groups (broad SMARTS) is 1. The summed E-state index contributed by atoms with van der Waals surface area (Å²) >= 11 is 0. The van der Waals surface area contributed by atoms with Crippen molar-refractivity contribution in [2.45, 2.75) is 25.7 Å². The Morgan fingerprint density at radius 1 is 1.05 bits per heavy atom. The van der Waals surface area contributed by atoms with Gasteiger partial charge >= 0.3 is 18.3 Å². The number of halogens is 6. The summed E-state index contributed by atoms with van der Waals surface area (Å²) in [5.74, 6) is -2.06. The third-order valence-electron chi connectivity index (χ3n) is 2.47. The van der Waals surface area contributed by atoms with Crippen LogP contribution in [0.25, 0.3) is 0 Å². The second kappa shape index (κ2) is 4.75. The maximum absolute atomic E-state index is 12.6. The van der Waals surface area contributed by atoms with Gasteiger partial charge in [-0.1, -0.05) is 6.92 Å². The Bertz CT molecular complexity index is 501. The van der Waals surface area contributed by atoms with E-state index in [-0.39, 0.29) is 18.6 Å². The van der Waals surface area contributed by atoms with E-state index in [2.05, 4.69) is 0 Å². The second-order valence-corrected chi connectivity index (χ2v) is 3.71. The van der Waals surface area contributed by atoms with E-state index < -0.39 is 40.6 Å². The second-order valence-electron chi connectivity index (χ2n) is 3.71. The standard InChI is InChI=1S/C11H8F6O2/c1-2-5-3-8(11(15,16)17)6(9(18)19)4-7(5)10(12,13)14/h3-4H,2H2,1H3,(H,18,19). The molecule has 1 aromatic rings. The lowest BCUT2D eigenvalue weighted by Gasteiger charge is -2.17. The van der Waals surface area contributed by atoms with Crippen LogP contribution >= 0.6 is 0 Å². The zero-order valence-electron chi connectivity index (χ0n) is 9.49. The number of benzene rings is 1. The summed E-state index contributed by atoms with van der Waals surface area (Å²) in [4.78, 5) is 10.7. The number of carboxylic acids is 1. The summed E-state index contributed by atoms with van der Waals surface area (Å²) in [5.41, 5.74) is -4.94. The fourth-order valence-corrected chi connectivity index (χ4v) is 1.61. The van der Waals surface area contributed by atoms with Crippen molar-refractivity contribution in [3.05, 3.63) is 34.4 Å². The Labute approximate surface area is 103 Å². The van der Waals surface area contributed by atoms with E-state index in [0.717, 1.165) is 0 Å². The quantitative estimate of drug-likeness (QED) is 0.835. The van der Waals surface area contributed by atoms with Crippen molar-refractivity contribution in [3.63, 3.8) is 0 Å². The topological polar surface area (TPSA) is 37.3 Å². The Morgan fingerprint density at radius 3 is 1.84 bits per heavy atom. The summed E-state index contributed by atoms with van der Waals surface area (Å²) in [7, 11) is 0. The molecule has 0 saturated heterocycles. The van der Waals surface area contributed by atoms with Crippen LogP contribution in [0.2, 0.25) is 0 Å². The predicted octanol–water partition coefficient (Wildman–Crippen LogP) is 3.98. The third-order valence-corrected chi connectivity index (χ3v) is 2.47. The molecule has 0 fully saturated rings. The number of aryl methyl sites for hydroxylation is 1. The maximum Gasteiger partial charge on any atom is 0.417 e. The first-order valence-corrected chi connectivity index (χ1v) is 5.03.